The molecule has 1 aliphatic rings. The van der Waals surface area contributed by atoms with E-state index in [4.69, 9.17) is 5.26 Å². The molecule has 0 saturated carbocycles. The number of carbonyl (C=O) groups excluding carboxylic acids is 1. The van der Waals surface area contributed by atoms with Gasteiger partial charge in [0.2, 0.25) is 5.91 Å². The largest absolute Gasteiger partial charge is 0.340 e. The number of hydrogen-bond donors (Lipinski definition) is 0. The van der Waals surface area contributed by atoms with Crippen molar-refractivity contribution in [2.45, 2.75) is 13.8 Å². The molecule has 1 atom stereocenters. The maximum atomic E-state index is 11.9. The van der Waals surface area contributed by atoms with Crippen LogP contribution in [0, 0.1) is 23.2 Å². The first-order valence-electron chi connectivity index (χ1n) is 5.09. The molecule has 1 saturated heterocycles. The van der Waals surface area contributed by atoms with E-state index < -0.39 is 16.7 Å². The third kappa shape index (κ3) is 3.03. The van der Waals surface area contributed by atoms with Crippen LogP contribution in [0.1, 0.15) is 13.8 Å². The molecule has 1 unspecified atom stereocenters. The fraction of sp³-hybridized carbons (Fsp3) is 0.800. The lowest BCUT2D eigenvalue weighted by Crippen LogP contribution is -2.45. The molecule has 1 rings (SSSR count). The standard InChI is InChI=1S/C10H16N2O2S/c1-8(2)9(7-11)10(13)12-3-5-15(14)6-4-12/h8-9H,3-6H2,1-2H3. The number of carbonyl (C=O) groups is 1. The van der Waals surface area contributed by atoms with Crippen LogP contribution in [0.2, 0.25) is 0 Å². The minimum absolute atomic E-state index is 0.0370. The molecule has 0 aliphatic carbocycles. The molecule has 0 N–H and O–H groups in total. The minimum Gasteiger partial charge on any atom is -0.340 e. The molecule has 5 heteroatoms. The van der Waals surface area contributed by atoms with Gasteiger partial charge in [-0.1, -0.05) is 13.8 Å². The van der Waals surface area contributed by atoms with E-state index in [1.807, 2.05) is 19.9 Å². The lowest BCUT2D eigenvalue weighted by Gasteiger charge is -2.29. The van der Waals surface area contributed by atoms with Gasteiger partial charge in [0, 0.05) is 35.4 Å². The quantitative estimate of drug-likeness (QED) is 0.686. The van der Waals surface area contributed by atoms with E-state index in [0.29, 0.717) is 24.6 Å². The molecule has 0 spiro atoms. The van der Waals surface area contributed by atoms with E-state index in [2.05, 4.69) is 0 Å². The van der Waals surface area contributed by atoms with Gasteiger partial charge in [0.15, 0.2) is 0 Å². The summed E-state index contributed by atoms with van der Waals surface area (Å²) in [6, 6.07) is 2.04. The van der Waals surface area contributed by atoms with Crippen LogP contribution in [0.15, 0.2) is 0 Å². The van der Waals surface area contributed by atoms with Gasteiger partial charge in [-0.3, -0.25) is 9.00 Å². The van der Waals surface area contributed by atoms with E-state index in [0.717, 1.165) is 0 Å². The zero-order chi connectivity index (χ0) is 11.4. The summed E-state index contributed by atoms with van der Waals surface area (Å²) in [5, 5.41) is 8.89. The molecule has 0 aromatic rings. The molecular weight excluding hydrogens is 212 g/mol. The molecular formula is C10H16N2O2S. The molecule has 15 heavy (non-hydrogen) atoms. The van der Waals surface area contributed by atoms with Crippen LogP contribution in [0.5, 0.6) is 0 Å². The summed E-state index contributed by atoms with van der Waals surface area (Å²) in [6.07, 6.45) is 0. The van der Waals surface area contributed by atoms with Gasteiger partial charge in [0.25, 0.3) is 0 Å². The predicted molar refractivity (Wildman–Crippen MR) is 58.4 cm³/mol. The summed E-state index contributed by atoms with van der Waals surface area (Å²) in [4.78, 5) is 13.5. The van der Waals surface area contributed by atoms with Crippen LogP contribution in [0.4, 0.5) is 0 Å². The molecule has 4 nitrogen and oxygen atoms in total. The summed E-state index contributed by atoms with van der Waals surface area (Å²) in [7, 11) is -0.780. The summed E-state index contributed by atoms with van der Waals surface area (Å²) < 4.78 is 11.1. The third-order valence-corrected chi connectivity index (χ3v) is 3.84. The molecule has 84 valence electrons. The molecule has 1 heterocycles. The molecule has 1 aliphatic heterocycles. The van der Waals surface area contributed by atoms with E-state index in [1.54, 1.807) is 4.90 Å². The smallest absolute Gasteiger partial charge is 0.240 e. The zero-order valence-electron chi connectivity index (χ0n) is 9.10. The molecule has 0 aromatic heterocycles. The van der Waals surface area contributed by atoms with Crippen LogP contribution < -0.4 is 0 Å². The first-order valence-corrected chi connectivity index (χ1v) is 6.58. The highest BCUT2D eigenvalue weighted by Gasteiger charge is 2.28. The third-order valence-electron chi connectivity index (χ3n) is 2.56. The maximum absolute atomic E-state index is 11.9. The second-order valence-corrected chi connectivity index (χ2v) is 5.72. The summed E-state index contributed by atoms with van der Waals surface area (Å²) in [5.74, 6) is 0.458. The van der Waals surface area contributed by atoms with Crippen LogP contribution >= 0.6 is 0 Å². The highest BCUT2D eigenvalue weighted by atomic mass is 32.2. The van der Waals surface area contributed by atoms with Gasteiger partial charge in [-0.15, -0.1) is 0 Å². The van der Waals surface area contributed by atoms with Crippen LogP contribution in [-0.2, 0) is 15.6 Å². The second-order valence-electron chi connectivity index (χ2n) is 4.02. The van der Waals surface area contributed by atoms with E-state index in [9.17, 15) is 9.00 Å². The van der Waals surface area contributed by atoms with Crippen molar-refractivity contribution in [3.8, 4) is 6.07 Å². The van der Waals surface area contributed by atoms with Crippen molar-refractivity contribution in [2.24, 2.45) is 11.8 Å². The summed E-state index contributed by atoms with van der Waals surface area (Å²) in [5.41, 5.74) is 0. The SMILES string of the molecule is CC(C)C(C#N)C(=O)N1CCS(=O)CC1. The van der Waals surface area contributed by atoms with Gasteiger partial charge in [0.1, 0.15) is 5.92 Å². The van der Waals surface area contributed by atoms with Gasteiger partial charge < -0.3 is 4.90 Å². The Kier molecular flexibility index (Phi) is 4.28. The Morgan fingerprint density at radius 3 is 2.33 bits per heavy atom. The molecule has 0 bridgehead atoms. The van der Waals surface area contributed by atoms with Gasteiger partial charge in [-0.25, -0.2) is 0 Å². The normalized spacial score (nSPS) is 20.0. The monoisotopic (exact) mass is 228 g/mol. The number of hydrogen-bond acceptors (Lipinski definition) is 3. The van der Waals surface area contributed by atoms with Crippen LogP contribution in [-0.4, -0.2) is 39.6 Å². The van der Waals surface area contributed by atoms with Crippen LogP contribution in [0.3, 0.4) is 0 Å². The van der Waals surface area contributed by atoms with Gasteiger partial charge >= 0.3 is 0 Å². The number of nitrogens with zero attached hydrogens (tertiary/aromatic N) is 2. The number of rotatable bonds is 2. The van der Waals surface area contributed by atoms with Crippen molar-refractivity contribution in [2.75, 3.05) is 24.6 Å². The molecule has 1 fully saturated rings. The van der Waals surface area contributed by atoms with Crippen molar-refractivity contribution < 1.29 is 9.00 Å². The van der Waals surface area contributed by atoms with Crippen molar-refractivity contribution >= 4 is 16.7 Å². The topological polar surface area (TPSA) is 61.2 Å². The first-order chi connectivity index (χ1) is 7.06. The second kappa shape index (κ2) is 5.26. The number of amides is 1. The van der Waals surface area contributed by atoms with Crippen molar-refractivity contribution in [1.29, 1.82) is 5.26 Å². The van der Waals surface area contributed by atoms with Crippen molar-refractivity contribution in [3.05, 3.63) is 0 Å². The van der Waals surface area contributed by atoms with Crippen molar-refractivity contribution in [3.63, 3.8) is 0 Å². The maximum Gasteiger partial charge on any atom is 0.240 e. The van der Waals surface area contributed by atoms with Gasteiger partial charge in [0.05, 0.1) is 6.07 Å². The lowest BCUT2D eigenvalue weighted by atomic mass is 9.96. The zero-order valence-corrected chi connectivity index (χ0v) is 9.92. The molecule has 0 radical (unpaired) electrons. The van der Waals surface area contributed by atoms with Gasteiger partial charge in [-0.05, 0) is 5.92 Å². The van der Waals surface area contributed by atoms with E-state index in [1.165, 1.54) is 0 Å². The highest BCUT2D eigenvalue weighted by molar-refractivity contribution is 7.85. The molecule has 0 aromatic carbocycles. The Balaban J connectivity index is 2.60. The molecule has 1 amide bonds. The van der Waals surface area contributed by atoms with E-state index >= 15 is 0 Å². The minimum atomic E-state index is -0.780. The summed E-state index contributed by atoms with van der Waals surface area (Å²) in [6.45, 7) is 4.79. The lowest BCUT2D eigenvalue weighted by molar-refractivity contribution is -0.134. The Morgan fingerprint density at radius 1 is 1.40 bits per heavy atom. The van der Waals surface area contributed by atoms with E-state index in [-0.39, 0.29) is 11.8 Å². The van der Waals surface area contributed by atoms with Crippen LogP contribution in [0.25, 0.3) is 0 Å². The predicted octanol–water partition coefficient (Wildman–Crippen LogP) is 0.373. The Hall–Kier alpha value is -0.890. The fourth-order valence-electron chi connectivity index (χ4n) is 1.54. The number of nitriles is 1. The Bertz CT molecular complexity index is 299. The Morgan fingerprint density at radius 2 is 1.93 bits per heavy atom. The first kappa shape index (κ1) is 12.2. The fourth-order valence-corrected chi connectivity index (χ4v) is 2.60. The summed E-state index contributed by atoms with van der Waals surface area (Å²) >= 11 is 0. The average Bonchev–Trinajstić information content (AvgIpc) is 2.19. The average molecular weight is 228 g/mol. The highest BCUT2D eigenvalue weighted by Crippen LogP contribution is 2.14. The Labute approximate surface area is 92.7 Å². The van der Waals surface area contributed by atoms with Crippen molar-refractivity contribution in [1.82, 2.24) is 4.90 Å². The van der Waals surface area contributed by atoms with Gasteiger partial charge in [-0.2, -0.15) is 5.26 Å².